The predicted octanol–water partition coefficient (Wildman–Crippen LogP) is 2.83. The van der Waals surface area contributed by atoms with Crippen LogP contribution in [0.25, 0.3) is 0 Å². The van der Waals surface area contributed by atoms with Crippen LogP contribution in [0.3, 0.4) is 0 Å². The lowest BCUT2D eigenvalue weighted by Crippen LogP contribution is -2.49. The summed E-state index contributed by atoms with van der Waals surface area (Å²) in [4.78, 5) is 18.6. The average Bonchev–Trinajstić information content (AvgIpc) is 3.06. The Hall–Kier alpha value is -0.870. The normalized spacial score (nSPS) is 13.1. The summed E-state index contributed by atoms with van der Waals surface area (Å²) in [5, 5.41) is 13.7. The summed E-state index contributed by atoms with van der Waals surface area (Å²) in [6.07, 6.45) is 0. The maximum Gasteiger partial charge on any atom is 0.239 e. The van der Waals surface area contributed by atoms with Gasteiger partial charge in [-0.3, -0.25) is 14.7 Å². The molecule has 0 aliphatic carbocycles. The van der Waals surface area contributed by atoms with E-state index in [1.54, 1.807) is 18.4 Å². The van der Waals surface area contributed by atoms with E-state index in [1.807, 2.05) is 20.8 Å². The minimum Gasteiger partial charge on any atom is -0.354 e. The topological polar surface area (TPSA) is 68.8 Å². The number of hydrogen-bond acceptors (Lipinski definition) is 4. The third-order valence-corrected chi connectivity index (χ3v) is 4.50. The summed E-state index contributed by atoms with van der Waals surface area (Å²) in [6, 6.07) is 2.45. The van der Waals surface area contributed by atoms with Crippen molar-refractivity contribution in [3.05, 3.63) is 22.4 Å². The molecule has 1 amide bonds. The summed E-state index contributed by atoms with van der Waals surface area (Å²) in [7, 11) is 1.72. The van der Waals surface area contributed by atoms with E-state index in [1.165, 1.54) is 5.56 Å². The Kier molecular flexibility index (Phi) is 12.1. The van der Waals surface area contributed by atoms with E-state index in [2.05, 4.69) is 56.5 Å². The minimum absolute atomic E-state index is 0. The molecule has 0 bridgehead atoms. The van der Waals surface area contributed by atoms with Crippen LogP contribution in [-0.4, -0.2) is 55.5 Å². The van der Waals surface area contributed by atoms with Crippen molar-refractivity contribution in [2.75, 3.05) is 33.2 Å². The number of aliphatic imine (C=N–C) groups is 1. The minimum atomic E-state index is -0.234. The molecule has 0 aliphatic rings. The molecule has 0 aliphatic heterocycles. The maximum atomic E-state index is 11.9. The van der Waals surface area contributed by atoms with E-state index in [9.17, 15) is 4.79 Å². The van der Waals surface area contributed by atoms with Crippen LogP contribution in [-0.2, 0) is 4.79 Å². The Labute approximate surface area is 179 Å². The van der Waals surface area contributed by atoms with Gasteiger partial charge in [0.1, 0.15) is 0 Å². The molecular formula is C18H34IN5OS. The van der Waals surface area contributed by atoms with Gasteiger partial charge in [-0.2, -0.15) is 11.3 Å². The van der Waals surface area contributed by atoms with Crippen LogP contribution < -0.4 is 16.0 Å². The van der Waals surface area contributed by atoms with Crippen molar-refractivity contribution >= 4 is 47.2 Å². The first-order valence-electron chi connectivity index (χ1n) is 8.82. The van der Waals surface area contributed by atoms with Crippen molar-refractivity contribution in [2.24, 2.45) is 4.99 Å². The number of carbonyl (C=O) groups excluding carboxylic acids is 1. The molecule has 0 fully saturated rings. The molecule has 6 nitrogen and oxygen atoms in total. The van der Waals surface area contributed by atoms with E-state index in [-0.39, 0.29) is 48.0 Å². The second-order valence-corrected chi connectivity index (χ2v) is 7.68. The zero-order valence-electron chi connectivity index (χ0n) is 16.8. The predicted molar refractivity (Wildman–Crippen MR) is 123 cm³/mol. The van der Waals surface area contributed by atoms with Crippen LogP contribution in [0.4, 0.5) is 0 Å². The number of carbonyl (C=O) groups is 1. The Morgan fingerprint density at radius 2 is 1.92 bits per heavy atom. The highest BCUT2D eigenvalue weighted by molar-refractivity contribution is 14.0. The number of hydrogen-bond donors (Lipinski definition) is 3. The smallest absolute Gasteiger partial charge is 0.239 e. The monoisotopic (exact) mass is 495 g/mol. The SMILES string of the molecule is CCN(CC)C(CNC(=NC)NCC(=O)NC(C)(C)C)c1ccsc1.I. The molecule has 1 rings (SSSR count). The fraction of sp³-hybridized carbons (Fsp3) is 0.667. The summed E-state index contributed by atoms with van der Waals surface area (Å²) in [6.45, 7) is 13.1. The number of nitrogens with one attached hydrogen (secondary N) is 3. The summed E-state index contributed by atoms with van der Waals surface area (Å²) in [5.41, 5.74) is 1.07. The molecule has 26 heavy (non-hydrogen) atoms. The molecule has 0 saturated carbocycles. The number of halogens is 1. The largest absolute Gasteiger partial charge is 0.354 e. The number of amides is 1. The first kappa shape index (κ1) is 25.1. The summed E-state index contributed by atoms with van der Waals surface area (Å²) in [5.74, 6) is 0.588. The van der Waals surface area contributed by atoms with Crippen LogP contribution >= 0.6 is 35.3 Å². The highest BCUT2D eigenvalue weighted by atomic mass is 127. The Bertz CT molecular complexity index is 538. The molecule has 3 N–H and O–H groups in total. The fourth-order valence-corrected chi connectivity index (χ4v) is 3.33. The molecule has 0 aromatic carbocycles. The molecule has 8 heteroatoms. The molecule has 150 valence electrons. The Morgan fingerprint density at radius 3 is 2.38 bits per heavy atom. The van der Waals surface area contributed by atoms with Gasteiger partial charge in [0.2, 0.25) is 5.91 Å². The number of thiophene rings is 1. The van der Waals surface area contributed by atoms with E-state index in [0.29, 0.717) is 5.96 Å². The number of guanidine groups is 1. The summed E-state index contributed by atoms with van der Waals surface area (Å²) >= 11 is 1.71. The van der Waals surface area contributed by atoms with Crippen LogP contribution in [0.15, 0.2) is 21.8 Å². The van der Waals surface area contributed by atoms with Crippen LogP contribution in [0.2, 0.25) is 0 Å². The molecule has 1 aromatic heterocycles. The molecule has 1 heterocycles. The third kappa shape index (κ3) is 9.18. The maximum absolute atomic E-state index is 11.9. The van der Waals surface area contributed by atoms with Gasteiger partial charge in [-0.15, -0.1) is 24.0 Å². The zero-order chi connectivity index (χ0) is 18.9. The van der Waals surface area contributed by atoms with E-state index < -0.39 is 0 Å². The van der Waals surface area contributed by atoms with E-state index >= 15 is 0 Å². The van der Waals surface area contributed by atoms with Crippen molar-refractivity contribution in [3.8, 4) is 0 Å². The van der Waals surface area contributed by atoms with Gasteiger partial charge in [0.25, 0.3) is 0 Å². The van der Waals surface area contributed by atoms with E-state index in [4.69, 9.17) is 0 Å². The first-order chi connectivity index (χ1) is 11.8. The average molecular weight is 495 g/mol. The van der Waals surface area contributed by atoms with Gasteiger partial charge >= 0.3 is 0 Å². The molecule has 0 saturated heterocycles. The highest BCUT2D eigenvalue weighted by Crippen LogP contribution is 2.22. The third-order valence-electron chi connectivity index (χ3n) is 3.80. The van der Waals surface area contributed by atoms with Gasteiger partial charge in [0, 0.05) is 19.1 Å². The molecule has 0 radical (unpaired) electrons. The van der Waals surface area contributed by atoms with E-state index in [0.717, 1.165) is 19.6 Å². The molecular weight excluding hydrogens is 461 g/mol. The van der Waals surface area contributed by atoms with Crippen LogP contribution in [0.5, 0.6) is 0 Å². The van der Waals surface area contributed by atoms with Gasteiger partial charge in [-0.1, -0.05) is 13.8 Å². The van der Waals surface area contributed by atoms with Gasteiger partial charge in [0.05, 0.1) is 12.6 Å². The van der Waals surface area contributed by atoms with Gasteiger partial charge in [-0.05, 0) is 56.3 Å². The lowest BCUT2D eigenvalue weighted by Gasteiger charge is -2.30. The van der Waals surface area contributed by atoms with Gasteiger partial charge < -0.3 is 16.0 Å². The molecule has 1 aromatic rings. The molecule has 1 atom stereocenters. The van der Waals surface area contributed by atoms with Gasteiger partial charge in [-0.25, -0.2) is 0 Å². The van der Waals surface area contributed by atoms with Crippen molar-refractivity contribution in [1.82, 2.24) is 20.9 Å². The van der Waals surface area contributed by atoms with Crippen LogP contribution in [0, 0.1) is 0 Å². The van der Waals surface area contributed by atoms with Crippen LogP contribution in [0.1, 0.15) is 46.2 Å². The van der Waals surface area contributed by atoms with Crippen molar-refractivity contribution in [2.45, 2.75) is 46.2 Å². The second kappa shape index (κ2) is 12.5. The van der Waals surface area contributed by atoms with Crippen molar-refractivity contribution in [1.29, 1.82) is 0 Å². The lowest BCUT2D eigenvalue weighted by molar-refractivity contribution is -0.121. The van der Waals surface area contributed by atoms with Gasteiger partial charge in [0.15, 0.2) is 5.96 Å². The number of likely N-dealkylation sites (N-methyl/N-ethyl adjacent to an activating group) is 1. The molecule has 1 unspecified atom stereocenters. The zero-order valence-corrected chi connectivity index (χ0v) is 19.9. The second-order valence-electron chi connectivity index (χ2n) is 6.90. The summed E-state index contributed by atoms with van der Waals surface area (Å²) < 4.78 is 0. The fourth-order valence-electron chi connectivity index (χ4n) is 2.63. The quantitative estimate of drug-likeness (QED) is 0.295. The van der Waals surface area contributed by atoms with Crippen molar-refractivity contribution < 1.29 is 4.79 Å². The number of rotatable bonds is 8. The highest BCUT2D eigenvalue weighted by Gasteiger charge is 2.19. The Morgan fingerprint density at radius 1 is 1.27 bits per heavy atom. The Balaban J connectivity index is 0.00000625. The first-order valence-corrected chi connectivity index (χ1v) is 9.76. The van der Waals surface area contributed by atoms with Crippen molar-refractivity contribution in [3.63, 3.8) is 0 Å². The standard InChI is InChI=1S/C18H33N5OS.HI/c1-7-23(8-2)15(14-9-10-25-13-14)11-20-17(19-6)21-12-16(24)22-18(3,4)5;/h9-10,13,15H,7-8,11-12H2,1-6H3,(H,22,24)(H2,19,20,21);1H. The molecule has 0 spiro atoms. The number of nitrogens with zero attached hydrogens (tertiary/aromatic N) is 2. The lowest BCUT2D eigenvalue weighted by atomic mass is 10.1.